The Bertz CT molecular complexity index is 199. The van der Waals surface area contributed by atoms with Crippen molar-refractivity contribution in [1.82, 2.24) is 0 Å². The summed E-state index contributed by atoms with van der Waals surface area (Å²) in [5.74, 6) is 0.833. The smallest absolute Gasteiger partial charge is 0.0761 e. The quantitative estimate of drug-likeness (QED) is 0.702. The van der Waals surface area contributed by atoms with Crippen LogP contribution in [0.5, 0.6) is 0 Å². The summed E-state index contributed by atoms with van der Waals surface area (Å²) in [5, 5.41) is 9.02. The Labute approximate surface area is 81.4 Å². The lowest BCUT2D eigenvalue weighted by atomic mass is 10.1. The molecule has 1 N–H and O–H groups in total. The second-order valence-electron chi connectivity index (χ2n) is 3.82. The number of aliphatic hydroxyl groups excluding tert-OH is 1. The first kappa shape index (κ1) is 12.2. The molecule has 1 aromatic carbocycles. The van der Waals surface area contributed by atoms with E-state index in [1.54, 1.807) is 6.92 Å². The average Bonchev–Trinajstić information content (AvgIpc) is 2.05. The van der Waals surface area contributed by atoms with E-state index in [4.69, 9.17) is 5.11 Å². The van der Waals surface area contributed by atoms with E-state index in [1.165, 1.54) is 0 Å². The van der Waals surface area contributed by atoms with Crippen LogP contribution >= 0.6 is 0 Å². The number of rotatable bonds is 1. The van der Waals surface area contributed by atoms with E-state index in [2.05, 4.69) is 20.8 Å². The van der Waals surface area contributed by atoms with Gasteiger partial charge in [-0.2, -0.15) is 0 Å². The Balaban J connectivity index is 0.000000310. The van der Waals surface area contributed by atoms with Gasteiger partial charge in [0.2, 0.25) is 0 Å². The Hall–Kier alpha value is -0.820. The van der Waals surface area contributed by atoms with Gasteiger partial charge < -0.3 is 5.11 Å². The molecule has 0 fully saturated rings. The topological polar surface area (TPSA) is 20.2 Å². The molecule has 0 aromatic heterocycles. The number of benzene rings is 1. The van der Waals surface area contributed by atoms with Crippen LogP contribution < -0.4 is 0 Å². The summed E-state index contributed by atoms with van der Waals surface area (Å²) in [5.41, 5.74) is 0.970. The van der Waals surface area contributed by atoms with Gasteiger partial charge in [0.25, 0.3) is 0 Å². The fraction of sp³-hybridized carbons (Fsp3) is 0.500. The zero-order valence-corrected chi connectivity index (χ0v) is 8.99. The minimum absolute atomic E-state index is 0.341. The van der Waals surface area contributed by atoms with Crippen LogP contribution in [-0.2, 0) is 0 Å². The maximum absolute atomic E-state index is 9.02. The highest BCUT2D eigenvalue weighted by atomic mass is 16.3. The molecule has 1 rings (SSSR count). The Morgan fingerprint density at radius 1 is 0.923 bits per heavy atom. The second kappa shape index (κ2) is 6.67. The third-order valence-electron chi connectivity index (χ3n) is 1.28. The predicted molar refractivity (Wildman–Crippen MR) is 57.6 cm³/mol. The molecule has 0 saturated carbocycles. The van der Waals surface area contributed by atoms with E-state index in [-0.39, 0.29) is 6.10 Å². The molecule has 1 heteroatoms. The molecule has 0 spiro atoms. The third kappa shape index (κ3) is 7.54. The minimum Gasteiger partial charge on any atom is -0.389 e. The van der Waals surface area contributed by atoms with Gasteiger partial charge in [0.1, 0.15) is 0 Å². The highest BCUT2D eigenvalue weighted by molar-refractivity contribution is 5.16. The van der Waals surface area contributed by atoms with Crippen molar-refractivity contribution < 1.29 is 5.11 Å². The van der Waals surface area contributed by atoms with Gasteiger partial charge in [-0.05, 0) is 18.4 Å². The zero-order chi connectivity index (χ0) is 10.3. The van der Waals surface area contributed by atoms with Crippen LogP contribution in [0.2, 0.25) is 0 Å². The largest absolute Gasteiger partial charge is 0.389 e. The SMILES string of the molecule is CC(C)C.CC(O)c1ccccc1. The van der Waals surface area contributed by atoms with Crippen LogP contribution in [0.4, 0.5) is 0 Å². The molecule has 0 aliphatic carbocycles. The monoisotopic (exact) mass is 180 g/mol. The van der Waals surface area contributed by atoms with Crippen molar-refractivity contribution in [1.29, 1.82) is 0 Å². The highest BCUT2D eigenvalue weighted by Crippen LogP contribution is 2.09. The minimum atomic E-state index is -0.341. The van der Waals surface area contributed by atoms with Crippen LogP contribution in [0.3, 0.4) is 0 Å². The summed E-state index contributed by atoms with van der Waals surface area (Å²) in [4.78, 5) is 0. The van der Waals surface area contributed by atoms with E-state index >= 15 is 0 Å². The van der Waals surface area contributed by atoms with E-state index in [0.29, 0.717) is 0 Å². The number of hydrogen-bond acceptors (Lipinski definition) is 1. The van der Waals surface area contributed by atoms with Gasteiger partial charge in [0, 0.05) is 0 Å². The lowest BCUT2D eigenvalue weighted by molar-refractivity contribution is 0.199. The molecule has 1 atom stereocenters. The first-order valence-corrected chi connectivity index (χ1v) is 4.77. The average molecular weight is 180 g/mol. The zero-order valence-electron chi connectivity index (χ0n) is 8.99. The van der Waals surface area contributed by atoms with Gasteiger partial charge in [-0.15, -0.1) is 0 Å². The normalized spacial score (nSPS) is 11.8. The van der Waals surface area contributed by atoms with Crippen molar-refractivity contribution >= 4 is 0 Å². The van der Waals surface area contributed by atoms with Gasteiger partial charge in [-0.1, -0.05) is 51.1 Å². The maximum Gasteiger partial charge on any atom is 0.0761 e. The number of hydrogen-bond donors (Lipinski definition) is 1. The van der Waals surface area contributed by atoms with Gasteiger partial charge in [0.05, 0.1) is 6.10 Å². The maximum atomic E-state index is 9.02. The lowest BCUT2D eigenvalue weighted by Gasteiger charge is -2.00. The summed E-state index contributed by atoms with van der Waals surface area (Å²) < 4.78 is 0. The molecule has 1 aromatic rings. The molecule has 0 radical (unpaired) electrons. The molecule has 74 valence electrons. The molecule has 0 aliphatic rings. The molecular weight excluding hydrogens is 160 g/mol. The standard InChI is InChI=1S/C8H10O.C4H10/c1-7(9)8-5-3-2-4-6-8;1-4(2)3/h2-7,9H,1H3;4H,1-3H3. The second-order valence-corrected chi connectivity index (χ2v) is 3.82. The predicted octanol–water partition coefficient (Wildman–Crippen LogP) is 3.40. The van der Waals surface area contributed by atoms with Crippen LogP contribution in [0.1, 0.15) is 39.4 Å². The molecule has 0 heterocycles. The molecule has 0 bridgehead atoms. The lowest BCUT2D eigenvalue weighted by Crippen LogP contribution is -1.87. The Kier molecular flexibility index (Phi) is 6.25. The summed E-state index contributed by atoms with van der Waals surface area (Å²) in [6.07, 6.45) is -0.341. The van der Waals surface area contributed by atoms with Crippen molar-refractivity contribution in [3.8, 4) is 0 Å². The summed E-state index contributed by atoms with van der Waals surface area (Å²) in [6.45, 7) is 8.26. The van der Waals surface area contributed by atoms with Crippen LogP contribution in [0, 0.1) is 5.92 Å². The molecule has 0 amide bonds. The van der Waals surface area contributed by atoms with E-state index in [0.717, 1.165) is 11.5 Å². The number of aliphatic hydroxyl groups is 1. The van der Waals surface area contributed by atoms with Crippen LogP contribution in [0.15, 0.2) is 30.3 Å². The van der Waals surface area contributed by atoms with E-state index in [1.807, 2.05) is 30.3 Å². The fourth-order valence-electron chi connectivity index (χ4n) is 0.732. The first-order valence-electron chi connectivity index (χ1n) is 4.77. The van der Waals surface area contributed by atoms with E-state index < -0.39 is 0 Å². The third-order valence-corrected chi connectivity index (χ3v) is 1.28. The van der Waals surface area contributed by atoms with Crippen molar-refractivity contribution in [2.24, 2.45) is 5.92 Å². The van der Waals surface area contributed by atoms with Crippen molar-refractivity contribution in [2.45, 2.75) is 33.8 Å². The van der Waals surface area contributed by atoms with Gasteiger partial charge in [0.15, 0.2) is 0 Å². The van der Waals surface area contributed by atoms with Crippen molar-refractivity contribution in [3.05, 3.63) is 35.9 Å². The van der Waals surface area contributed by atoms with Crippen LogP contribution in [-0.4, -0.2) is 5.11 Å². The highest BCUT2D eigenvalue weighted by Gasteiger charge is 1.95. The Morgan fingerprint density at radius 2 is 1.31 bits per heavy atom. The molecular formula is C12H20O. The molecule has 13 heavy (non-hydrogen) atoms. The van der Waals surface area contributed by atoms with Gasteiger partial charge in [-0.25, -0.2) is 0 Å². The Morgan fingerprint density at radius 3 is 1.54 bits per heavy atom. The molecule has 1 nitrogen and oxygen atoms in total. The molecule has 0 aliphatic heterocycles. The summed E-state index contributed by atoms with van der Waals surface area (Å²) >= 11 is 0. The van der Waals surface area contributed by atoms with E-state index in [9.17, 15) is 0 Å². The molecule has 1 unspecified atom stereocenters. The summed E-state index contributed by atoms with van der Waals surface area (Å²) in [6, 6.07) is 9.59. The summed E-state index contributed by atoms with van der Waals surface area (Å²) in [7, 11) is 0. The fourth-order valence-corrected chi connectivity index (χ4v) is 0.732. The molecule has 0 saturated heterocycles. The first-order chi connectivity index (χ1) is 6.04. The van der Waals surface area contributed by atoms with Gasteiger partial charge in [-0.3, -0.25) is 0 Å². The van der Waals surface area contributed by atoms with Crippen LogP contribution in [0.25, 0.3) is 0 Å². The van der Waals surface area contributed by atoms with Gasteiger partial charge >= 0.3 is 0 Å². The van der Waals surface area contributed by atoms with Crippen molar-refractivity contribution in [2.75, 3.05) is 0 Å². The van der Waals surface area contributed by atoms with Crippen molar-refractivity contribution in [3.63, 3.8) is 0 Å².